The van der Waals surface area contributed by atoms with Crippen LogP contribution in [0.2, 0.25) is 0 Å². The summed E-state index contributed by atoms with van der Waals surface area (Å²) in [4.78, 5) is 28.8. The minimum atomic E-state index is -1.29. The van der Waals surface area contributed by atoms with Crippen LogP contribution in [0.4, 0.5) is 0 Å². The van der Waals surface area contributed by atoms with E-state index in [-0.39, 0.29) is 18.1 Å². The summed E-state index contributed by atoms with van der Waals surface area (Å²) in [7, 11) is 0. The second kappa shape index (κ2) is 18.5. The van der Waals surface area contributed by atoms with Gasteiger partial charge in [-0.1, -0.05) is 43.5 Å². The van der Waals surface area contributed by atoms with Crippen LogP contribution in [0.3, 0.4) is 0 Å². The zero-order chi connectivity index (χ0) is 21.9. The molecule has 0 fully saturated rings. The first-order chi connectivity index (χ1) is 12.5. The molecular formula is C17H24O8S2. The maximum absolute atomic E-state index is 10.2. The highest BCUT2D eigenvalue weighted by Crippen LogP contribution is 2.03. The number of aromatic carboxylic acids is 1. The fraction of sp³-hybridized carbons (Fsp3) is 0.235. The molecule has 0 unspecified atom stereocenters. The lowest BCUT2D eigenvalue weighted by Crippen LogP contribution is -2.26. The average Bonchev–Trinajstić information content (AvgIpc) is 2.69. The van der Waals surface area contributed by atoms with E-state index in [1.807, 2.05) is 0 Å². The van der Waals surface area contributed by atoms with E-state index in [0.717, 1.165) is 0 Å². The van der Waals surface area contributed by atoms with Gasteiger partial charge in [-0.05, 0) is 12.1 Å². The number of benzene rings is 1. The van der Waals surface area contributed by atoms with E-state index < -0.39 is 23.5 Å². The van der Waals surface area contributed by atoms with E-state index in [2.05, 4.69) is 38.4 Å². The molecule has 0 radical (unpaired) electrons. The van der Waals surface area contributed by atoms with E-state index in [9.17, 15) is 14.4 Å². The topological polar surface area (TPSA) is 152 Å². The van der Waals surface area contributed by atoms with Gasteiger partial charge in [0, 0.05) is 0 Å². The van der Waals surface area contributed by atoms with E-state index in [0.29, 0.717) is 5.56 Å². The van der Waals surface area contributed by atoms with Gasteiger partial charge in [0.1, 0.15) is 5.60 Å². The Bertz CT molecular complexity index is 554. The Balaban J connectivity index is -0.000000296. The number of carbonyl (C=O) groups is 3. The zero-order valence-corrected chi connectivity index (χ0v) is 16.2. The van der Waals surface area contributed by atoms with Crippen LogP contribution < -0.4 is 0 Å². The van der Waals surface area contributed by atoms with Crippen molar-refractivity contribution in [1.82, 2.24) is 0 Å². The molecule has 0 atom stereocenters. The number of aliphatic carboxylic acids is 2. The molecule has 0 aromatic heterocycles. The first-order valence-corrected chi connectivity index (χ1v) is 8.34. The second-order valence-electron chi connectivity index (χ2n) is 4.33. The number of carboxylic acid groups (broad SMARTS) is 3. The van der Waals surface area contributed by atoms with Crippen molar-refractivity contribution in [3.05, 3.63) is 61.2 Å². The molecule has 1 aromatic rings. The molecule has 0 aliphatic heterocycles. The summed E-state index contributed by atoms with van der Waals surface area (Å²) < 4.78 is 0. The molecule has 0 amide bonds. The first kappa shape index (κ1) is 29.5. The molecule has 5 N–H and O–H groups in total. The Morgan fingerprint density at radius 2 is 1.26 bits per heavy atom. The zero-order valence-electron chi connectivity index (χ0n) is 14.4. The van der Waals surface area contributed by atoms with E-state index in [4.69, 9.17) is 25.5 Å². The van der Waals surface area contributed by atoms with Crippen LogP contribution >= 0.6 is 25.3 Å². The van der Waals surface area contributed by atoms with Gasteiger partial charge in [-0.2, -0.15) is 25.3 Å². The molecule has 0 aliphatic carbocycles. The van der Waals surface area contributed by atoms with Gasteiger partial charge >= 0.3 is 17.9 Å². The van der Waals surface area contributed by atoms with Gasteiger partial charge in [0.15, 0.2) is 0 Å². The molecular weight excluding hydrogens is 396 g/mol. The highest BCUT2D eigenvalue weighted by molar-refractivity contribution is 7.81. The second-order valence-corrected chi connectivity index (χ2v) is 4.96. The van der Waals surface area contributed by atoms with Crippen LogP contribution in [0.5, 0.6) is 0 Å². The lowest BCUT2D eigenvalue weighted by molar-refractivity contribution is -0.134. The van der Waals surface area contributed by atoms with Crippen molar-refractivity contribution in [3.8, 4) is 0 Å². The third kappa shape index (κ3) is 21.7. The van der Waals surface area contributed by atoms with Crippen molar-refractivity contribution in [3.63, 3.8) is 0 Å². The predicted octanol–water partition coefficient (Wildman–Crippen LogP) is 1.47. The summed E-state index contributed by atoms with van der Waals surface area (Å²) >= 11 is 6.83. The van der Waals surface area contributed by atoms with Crippen LogP contribution in [0.25, 0.3) is 0 Å². The maximum Gasteiger partial charge on any atom is 0.335 e. The summed E-state index contributed by atoms with van der Waals surface area (Å²) in [5.74, 6) is -2.81. The van der Waals surface area contributed by atoms with Gasteiger partial charge < -0.3 is 25.5 Å². The highest BCUT2D eigenvalue weighted by Gasteiger charge is 2.14. The quantitative estimate of drug-likeness (QED) is 0.270. The lowest BCUT2D eigenvalue weighted by atomic mass is 10.1. The number of carboxylic acids is 3. The monoisotopic (exact) mass is 420 g/mol. The van der Waals surface area contributed by atoms with Crippen LogP contribution in [0.15, 0.2) is 55.6 Å². The van der Waals surface area contributed by atoms with Crippen molar-refractivity contribution in [1.29, 1.82) is 0 Å². The fourth-order valence-corrected chi connectivity index (χ4v) is 0.793. The Hall–Kier alpha value is -2.27. The Morgan fingerprint density at radius 1 is 0.926 bits per heavy atom. The van der Waals surface area contributed by atoms with Gasteiger partial charge in [0.05, 0.1) is 23.7 Å². The van der Waals surface area contributed by atoms with Gasteiger partial charge in [-0.15, -0.1) is 0 Å². The molecule has 0 heterocycles. The van der Waals surface area contributed by atoms with E-state index in [1.54, 1.807) is 30.3 Å². The SMILES string of the molecule is C=CC(O)(C=C)CO.O=C(O)CS.O=C(O)CS.O=C(O)c1ccccc1. The first-order valence-electron chi connectivity index (χ1n) is 7.07. The van der Waals surface area contributed by atoms with Crippen LogP contribution in [-0.4, -0.2) is 67.2 Å². The van der Waals surface area contributed by atoms with Crippen molar-refractivity contribution in [2.75, 3.05) is 18.1 Å². The smallest absolute Gasteiger partial charge is 0.335 e. The molecule has 0 spiro atoms. The molecule has 0 bridgehead atoms. The van der Waals surface area contributed by atoms with Gasteiger partial charge in [0.2, 0.25) is 0 Å². The summed E-state index contributed by atoms with van der Waals surface area (Å²) in [5.41, 5.74) is -0.961. The molecule has 10 heteroatoms. The van der Waals surface area contributed by atoms with Crippen molar-refractivity contribution < 1.29 is 39.9 Å². The molecule has 152 valence electrons. The Morgan fingerprint density at radius 3 is 1.37 bits per heavy atom. The summed E-state index contributed by atoms with van der Waals surface area (Å²) in [6.07, 6.45) is 2.47. The average molecular weight is 421 g/mol. The number of hydrogen-bond donors (Lipinski definition) is 7. The number of aliphatic hydroxyl groups excluding tert-OH is 1. The minimum Gasteiger partial charge on any atom is -0.481 e. The Kier molecular flexibility index (Phi) is 20.2. The van der Waals surface area contributed by atoms with Crippen LogP contribution in [0, 0.1) is 0 Å². The van der Waals surface area contributed by atoms with Crippen molar-refractivity contribution in [2.24, 2.45) is 0 Å². The number of thiol groups is 2. The summed E-state index contributed by atoms with van der Waals surface area (Å²) in [6.45, 7) is 6.23. The maximum atomic E-state index is 10.2. The standard InChI is InChI=1S/C7H6O2.C6H10O2.2C2H4O2S/c8-7(9)6-4-2-1-3-5-6;1-3-6(8,4-2)5-7;2*3-2(4)1-5/h1-5H,(H,8,9);3-4,7-8H,1-2,5H2;2*5H,1H2,(H,3,4). The fourth-order valence-electron chi connectivity index (χ4n) is 0.793. The van der Waals surface area contributed by atoms with Gasteiger partial charge in [0.25, 0.3) is 0 Å². The largest absolute Gasteiger partial charge is 0.481 e. The predicted molar refractivity (Wildman–Crippen MR) is 109 cm³/mol. The minimum absolute atomic E-state index is 0.0833. The normalized spacial score (nSPS) is 8.89. The molecule has 0 aliphatic rings. The van der Waals surface area contributed by atoms with E-state index >= 15 is 0 Å². The number of aliphatic hydroxyl groups is 2. The number of hydrogen-bond acceptors (Lipinski definition) is 7. The lowest BCUT2D eigenvalue weighted by Gasteiger charge is -2.14. The van der Waals surface area contributed by atoms with Crippen molar-refractivity contribution >= 4 is 43.2 Å². The number of rotatable bonds is 6. The van der Waals surface area contributed by atoms with Crippen LogP contribution in [-0.2, 0) is 9.59 Å². The Labute approximate surface area is 168 Å². The van der Waals surface area contributed by atoms with E-state index in [1.165, 1.54) is 12.2 Å². The molecule has 0 saturated carbocycles. The molecule has 1 rings (SSSR count). The summed E-state index contributed by atoms with van der Waals surface area (Å²) in [6, 6.07) is 8.30. The summed E-state index contributed by atoms with van der Waals surface area (Å²) in [5, 5.41) is 41.0. The van der Waals surface area contributed by atoms with Gasteiger partial charge in [-0.25, -0.2) is 4.79 Å². The third-order valence-corrected chi connectivity index (χ3v) is 2.79. The molecule has 1 aromatic carbocycles. The van der Waals surface area contributed by atoms with Gasteiger partial charge in [-0.3, -0.25) is 9.59 Å². The highest BCUT2D eigenvalue weighted by atomic mass is 32.1. The third-order valence-electron chi connectivity index (χ3n) is 2.25. The molecule has 27 heavy (non-hydrogen) atoms. The molecule has 8 nitrogen and oxygen atoms in total. The van der Waals surface area contributed by atoms with Crippen molar-refractivity contribution in [2.45, 2.75) is 5.60 Å². The van der Waals surface area contributed by atoms with Crippen LogP contribution in [0.1, 0.15) is 10.4 Å². The molecule has 0 saturated heterocycles.